The van der Waals surface area contributed by atoms with E-state index >= 15 is 0 Å². The van der Waals surface area contributed by atoms with Gasteiger partial charge in [-0.2, -0.15) is 5.10 Å². The lowest BCUT2D eigenvalue weighted by Gasteiger charge is -2.21. The maximum absolute atomic E-state index is 12.0. The van der Waals surface area contributed by atoms with Gasteiger partial charge in [0.1, 0.15) is 6.10 Å². The Morgan fingerprint density at radius 2 is 2.25 bits per heavy atom. The molecule has 0 spiro atoms. The molecule has 1 aromatic rings. The molecule has 20 heavy (non-hydrogen) atoms. The Balaban J connectivity index is 1.83. The number of rotatable bonds is 5. The summed E-state index contributed by atoms with van der Waals surface area (Å²) in [5, 5.41) is 7.48. The van der Waals surface area contributed by atoms with Crippen LogP contribution in [0.1, 0.15) is 43.1 Å². The highest BCUT2D eigenvalue weighted by atomic mass is 16.5. The molecule has 2 heterocycles. The maximum atomic E-state index is 12.0. The highest BCUT2D eigenvalue weighted by molar-refractivity contribution is 5.80. The van der Waals surface area contributed by atoms with Crippen LogP contribution in [0, 0.1) is 13.8 Å². The van der Waals surface area contributed by atoms with Crippen molar-refractivity contribution in [2.75, 3.05) is 13.2 Å². The van der Waals surface area contributed by atoms with Crippen molar-refractivity contribution in [2.24, 2.45) is 0 Å². The number of hydrogen-bond donors (Lipinski definition) is 1. The highest BCUT2D eigenvalue weighted by Crippen LogP contribution is 2.14. The number of carbonyl (C=O) groups is 1. The maximum Gasteiger partial charge on any atom is 0.249 e. The molecule has 1 N–H and O–H groups in total. The van der Waals surface area contributed by atoms with Crippen molar-refractivity contribution >= 4 is 5.91 Å². The normalized spacial score (nSPS) is 19.1. The van der Waals surface area contributed by atoms with E-state index in [4.69, 9.17) is 4.74 Å². The smallest absolute Gasteiger partial charge is 0.249 e. The summed E-state index contributed by atoms with van der Waals surface area (Å²) in [5.74, 6) is 0.0305. The first-order valence-electron chi connectivity index (χ1n) is 7.55. The van der Waals surface area contributed by atoms with E-state index in [2.05, 4.69) is 24.3 Å². The molecule has 1 aliphatic heterocycles. The van der Waals surface area contributed by atoms with Crippen molar-refractivity contribution in [1.82, 2.24) is 15.1 Å². The van der Waals surface area contributed by atoms with E-state index in [-0.39, 0.29) is 12.0 Å². The summed E-state index contributed by atoms with van der Waals surface area (Å²) in [6, 6.07) is 0. The number of hydrogen-bond acceptors (Lipinski definition) is 3. The van der Waals surface area contributed by atoms with Gasteiger partial charge in [-0.05, 0) is 52.0 Å². The number of ether oxygens (including phenoxy) is 1. The molecule has 0 radical (unpaired) electrons. The number of carbonyl (C=O) groups excluding carboxylic acids is 1. The van der Waals surface area contributed by atoms with Crippen molar-refractivity contribution in [3.8, 4) is 0 Å². The van der Waals surface area contributed by atoms with E-state index in [1.165, 1.54) is 11.3 Å². The summed E-state index contributed by atoms with van der Waals surface area (Å²) in [6.45, 7) is 8.45. The largest absolute Gasteiger partial charge is 0.368 e. The summed E-state index contributed by atoms with van der Waals surface area (Å²) in [4.78, 5) is 12.0. The fraction of sp³-hybridized carbons (Fsp3) is 0.733. The second-order valence-corrected chi connectivity index (χ2v) is 5.36. The second-order valence-electron chi connectivity index (χ2n) is 5.36. The molecular weight excluding hydrogens is 254 g/mol. The summed E-state index contributed by atoms with van der Waals surface area (Å²) in [7, 11) is 0. The van der Waals surface area contributed by atoms with Gasteiger partial charge in [0.15, 0.2) is 0 Å². The Labute approximate surface area is 120 Å². The zero-order chi connectivity index (χ0) is 14.5. The molecule has 2 rings (SSSR count). The van der Waals surface area contributed by atoms with Gasteiger partial charge in [-0.1, -0.05) is 0 Å². The van der Waals surface area contributed by atoms with Gasteiger partial charge in [0.05, 0.1) is 5.69 Å². The van der Waals surface area contributed by atoms with Crippen LogP contribution in [0.5, 0.6) is 0 Å². The quantitative estimate of drug-likeness (QED) is 0.893. The van der Waals surface area contributed by atoms with Crippen molar-refractivity contribution in [1.29, 1.82) is 0 Å². The van der Waals surface area contributed by atoms with E-state index in [1.54, 1.807) is 0 Å². The van der Waals surface area contributed by atoms with Crippen LogP contribution in [0.3, 0.4) is 0 Å². The fourth-order valence-corrected chi connectivity index (χ4v) is 2.78. The molecule has 5 nitrogen and oxygen atoms in total. The van der Waals surface area contributed by atoms with Gasteiger partial charge < -0.3 is 10.1 Å². The molecule has 1 amide bonds. The highest BCUT2D eigenvalue weighted by Gasteiger charge is 2.21. The van der Waals surface area contributed by atoms with Gasteiger partial charge in [-0.15, -0.1) is 0 Å². The lowest BCUT2D eigenvalue weighted by molar-refractivity contribution is -0.135. The first kappa shape index (κ1) is 15.0. The molecule has 1 fully saturated rings. The lowest BCUT2D eigenvalue weighted by atomic mass is 10.1. The zero-order valence-corrected chi connectivity index (χ0v) is 12.7. The van der Waals surface area contributed by atoms with Crippen LogP contribution < -0.4 is 5.32 Å². The molecule has 5 heteroatoms. The molecule has 112 valence electrons. The number of nitrogens with one attached hydrogen (secondary N) is 1. The van der Waals surface area contributed by atoms with Gasteiger partial charge >= 0.3 is 0 Å². The van der Waals surface area contributed by atoms with Gasteiger partial charge in [-0.3, -0.25) is 9.48 Å². The Bertz CT molecular complexity index is 462. The Kier molecular flexibility index (Phi) is 5.17. The monoisotopic (exact) mass is 279 g/mol. The van der Waals surface area contributed by atoms with Crippen LogP contribution in [-0.4, -0.2) is 34.9 Å². The number of amides is 1. The number of aromatic nitrogens is 2. The topological polar surface area (TPSA) is 56.2 Å². The minimum Gasteiger partial charge on any atom is -0.368 e. The second kappa shape index (κ2) is 6.88. The van der Waals surface area contributed by atoms with E-state index < -0.39 is 0 Å². The van der Waals surface area contributed by atoms with Crippen molar-refractivity contribution in [3.63, 3.8) is 0 Å². The van der Waals surface area contributed by atoms with Crippen LogP contribution in [-0.2, 0) is 22.5 Å². The predicted octanol–water partition coefficient (Wildman–Crippen LogP) is 1.75. The summed E-state index contributed by atoms with van der Waals surface area (Å²) in [6.07, 6.45) is 3.58. The minimum absolute atomic E-state index is 0.0305. The Hall–Kier alpha value is -1.36. The molecule has 0 saturated carbocycles. The van der Waals surface area contributed by atoms with Crippen LogP contribution in [0.25, 0.3) is 0 Å². The van der Waals surface area contributed by atoms with E-state index in [9.17, 15) is 4.79 Å². The number of nitrogens with zero attached hydrogens (tertiary/aromatic N) is 2. The summed E-state index contributed by atoms with van der Waals surface area (Å²) in [5.41, 5.74) is 3.51. The average Bonchev–Trinajstić information content (AvgIpc) is 2.75. The molecule has 0 aliphatic carbocycles. The first-order valence-corrected chi connectivity index (χ1v) is 7.55. The lowest BCUT2D eigenvalue weighted by Crippen LogP contribution is -2.39. The van der Waals surface area contributed by atoms with Crippen molar-refractivity contribution < 1.29 is 9.53 Å². The average molecular weight is 279 g/mol. The van der Waals surface area contributed by atoms with E-state index in [0.29, 0.717) is 13.2 Å². The molecular formula is C15H25N3O2. The summed E-state index contributed by atoms with van der Waals surface area (Å²) < 4.78 is 7.49. The molecule has 0 bridgehead atoms. The standard InChI is InChI=1S/C15H25N3O2/c1-4-18-12(3)13(11(2)17-18)8-9-16-15(19)14-7-5-6-10-20-14/h14H,4-10H2,1-3H3,(H,16,19)/t14-/m0/s1. The SMILES string of the molecule is CCn1nc(C)c(CCNC(=O)[C@@H]2CCCCO2)c1C. The van der Waals surface area contributed by atoms with Gasteiger partial charge in [-0.25, -0.2) is 0 Å². The molecule has 1 saturated heterocycles. The zero-order valence-electron chi connectivity index (χ0n) is 12.7. The Morgan fingerprint density at radius 3 is 2.85 bits per heavy atom. The Morgan fingerprint density at radius 1 is 1.45 bits per heavy atom. The molecule has 0 unspecified atom stereocenters. The van der Waals surface area contributed by atoms with E-state index in [0.717, 1.165) is 37.9 Å². The molecule has 1 aromatic heterocycles. The van der Waals surface area contributed by atoms with Crippen LogP contribution in [0.4, 0.5) is 0 Å². The third-order valence-corrected chi connectivity index (χ3v) is 3.98. The van der Waals surface area contributed by atoms with Gasteiger partial charge in [0.2, 0.25) is 5.91 Å². The van der Waals surface area contributed by atoms with Crippen molar-refractivity contribution in [3.05, 3.63) is 17.0 Å². The predicted molar refractivity (Wildman–Crippen MR) is 77.7 cm³/mol. The van der Waals surface area contributed by atoms with Gasteiger partial charge in [0.25, 0.3) is 0 Å². The van der Waals surface area contributed by atoms with Crippen molar-refractivity contribution in [2.45, 2.75) is 59.1 Å². The molecule has 1 atom stereocenters. The van der Waals surface area contributed by atoms with E-state index in [1.807, 2.05) is 11.6 Å². The fourth-order valence-electron chi connectivity index (χ4n) is 2.78. The third-order valence-electron chi connectivity index (χ3n) is 3.98. The van der Waals surface area contributed by atoms with Crippen LogP contribution in [0.2, 0.25) is 0 Å². The molecule has 1 aliphatic rings. The third kappa shape index (κ3) is 3.39. The summed E-state index contributed by atoms with van der Waals surface area (Å²) >= 11 is 0. The molecule has 0 aromatic carbocycles. The van der Waals surface area contributed by atoms with Crippen LogP contribution in [0.15, 0.2) is 0 Å². The first-order chi connectivity index (χ1) is 9.63. The van der Waals surface area contributed by atoms with Crippen LogP contribution >= 0.6 is 0 Å². The van der Waals surface area contributed by atoms with Gasteiger partial charge in [0, 0.05) is 25.4 Å². The number of aryl methyl sites for hydroxylation is 2. The minimum atomic E-state index is -0.246.